The van der Waals surface area contributed by atoms with Crippen LogP contribution in [0.1, 0.15) is 53.0 Å². The fraction of sp³-hybridized carbons (Fsp3) is 0.481. The molecule has 1 atom stereocenters. The third-order valence-electron chi connectivity index (χ3n) is 5.50. The second kappa shape index (κ2) is 13.1. The van der Waals surface area contributed by atoms with Gasteiger partial charge in [-0.15, -0.1) is 0 Å². The molecular formula is C27H38ClN3O5S. The first kappa shape index (κ1) is 30.4. The van der Waals surface area contributed by atoms with Crippen molar-refractivity contribution < 1.29 is 22.7 Å². The van der Waals surface area contributed by atoms with Gasteiger partial charge in [0.25, 0.3) is 0 Å². The Kier molecular flexibility index (Phi) is 10.8. The smallest absolute Gasteiger partial charge is 0.242 e. The second-order valence-electron chi connectivity index (χ2n) is 9.93. The summed E-state index contributed by atoms with van der Waals surface area (Å²) in [6.07, 6.45) is 1.48. The van der Waals surface area contributed by atoms with E-state index in [0.29, 0.717) is 23.1 Å². The van der Waals surface area contributed by atoms with Crippen LogP contribution in [0, 0.1) is 0 Å². The molecule has 2 aromatic rings. The van der Waals surface area contributed by atoms with Gasteiger partial charge in [-0.1, -0.05) is 23.7 Å². The standard InChI is InChI=1S/C27H38ClN3O5S/c1-7-36-24-15-13-23(14-16-24)31(37(6,34)35)17-9-12-25(32)30(19-21-10-8-11-22(28)18-21)20(2)26(33)29-27(3,4)5/h8,10-11,13-16,18,20H,7,9,12,17,19H2,1-6H3,(H,29,33). The highest BCUT2D eigenvalue weighted by Gasteiger charge is 2.28. The van der Waals surface area contributed by atoms with E-state index in [4.69, 9.17) is 16.3 Å². The quantitative estimate of drug-likeness (QED) is 0.415. The lowest BCUT2D eigenvalue weighted by Crippen LogP contribution is -2.52. The van der Waals surface area contributed by atoms with Crippen LogP contribution in [0.15, 0.2) is 48.5 Å². The Balaban J connectivity index is 2.18. The van der Waals surface area contributed by atoms with E-state index in [2.05, 4.69) is 5.32 Å². The summed E-state index contributed by atoms with van der Waals surface area (Å²) in [7, 11) is -3.58. The van der Waals surface area contributed by atoms with Crippen LogP contribution in [0.5, 0.6) is 5.75 Å². The summed E-state index contributed by atoms with van der Waals surface area (Å²) in [4.78, 5) is 27.8. The summed E-state index contributed by atoms with van der Waals surface area (Å²) in [5.41, 5.74) is 0.833. The molecule has 0 saturated heterocycles. The van der Waals surface area contributed by atoms with Crippen LogP contribution in [0.4, 0.5) is 5.69 Å². The first-order valence-corrected chi connectivity index (χ1v) is 14.5. The molecule has 0 spiro atoms. The topological polar surface area (TPSA) is 96.0 Å². The zero-order valence-electron chi connectivity index (χ0n) is 22.5. The molecule has 0 aliphatic rings. The van der Waals surface area contributed by atoms with E-state index in [0.717, 1.165) is 11.8 Å². The lowest BCUT2D eigenvalue weighted by atomic mass is 10.1. The predicted molar refractivity (Wildman–Crippen MR) is 148 cm³/mol. The van der Waals surface area contributed by atoms with Crippen LogP contribution >= 0.6 is 11.6 Å². The number of halogens is 1. The molecule has 0 aliphatic carbocycles. The molecule has 0 aliphatic heterocycles. The number of amides is 2. The van der Waals surface area contributed by atoms with Crippen LogP contribution in [0.2, 0.25) is 5.02 Å². The fourth-order valence-corrected chi connectivity index (χ4v) is 4.95. The number of nitrogens with one attached hydrogen (secondary N) is 1. The Hall–Kier alpha value is -2.78. The van der Waals surface area contributed by atoms with E-state index in [1.165, 1.54) is 9.21 Å². The lowest BCUT2D eigenvalue weighted by Gasteiger charge is -2.32. The van der Waals surface area contributed by atoms with Gasteiger partial charge in [0.1, 0.15) is 11.8 Å². The number of nitrogens with zero attached hydrogens (tertiary/aromatic N) is 2. The average Bonchev–Trinajstić information content (AvgIpc) is 2.79. The Bertz CT molecular complexity index is 1160. The largest absolute Gasteiger partial charge is 0.494 e. The molecule has 2 aromatic carbocycles. The van der Waals surface area contributed by atoms with Gasteiger partial charge in [-0.3, -0.25) is 13.9 Å². The number of hydrogen-bond donors (Lipinski definition) is 1. The number of sulfonamides is 1. The highest BCUT2D eigenvalue weighted by atomic mass is 35.5. The minimum atomic E-state index is -3.58. The maximum absolute atomic E-state index is 13.4. The third-order valence-corrected chi connectivity index (χ3v) is 6.92. The van der Waals surface area contributed by atoms with E-state index in [1.54, 1.807) is 49.4 Å². The molecule has 2 amide bonds. The molecule has 1 N–H and O–H groups in total. The number of rotatable bonds is 12. The van der Waals surface area contributed by atoms with Crippen molar-refractivity contribution in [3.05, 3.63) is 59.1 Å². The SMILES string of the molecule is CCOc1ccc(N(CCCC(=O)N(Cc2cccc(Cl)c2)C(C)C(=O)NC(C)(C)C)S(C)(=O)=O)cc1. The van der Waals surface area contributed by atoms with E-state index >= 15 is 0 Å². The van der Waals surface area contributed by atoms with Crippen LogP contribution in [0.25, 0.3) is 0 Å². The monoisotopic (exact) mass is 551 g/mol. The van der Waals surface area contributed by atoms with Crippen LogP contribution in [-0.2, 0) is 26.2 Å². The summed E-state index contributed by atoms with van der Waals surface area (Å²) < 4.78 is 31.7. The van der Waals surface area contributed by atoms with Gasteiger partial charge in [0, 0.05) is 30.1 Å². The molecule has 204 valence electrons. The molecule has 0 saturated carbocycles. The van der Waals surface area contributed by atoms with Crippen molar-refractivity contribution in [1.29, 1.82) is 0 Å². The summed E-state index contributed by atoms with van der Waals surface area (Å²) in [5, 5.41) is 3.46. The van der Waals surface area contributed by atoms with Crippen molar-refractivity contribution in [3.8, 4) is 5.75 Å². The maximum atomic E-state index is 13.4. The van der Waals surface area contributed by atoms with Gasteiger partial charge in [-0.2, -0.15) is 0 Å². The summed E-state index contributed by atoms with van der Waals surface area (Å²) in [6, 6.07) is 13.2. The summed E-state index contributed by atoms with van der Waals surface area (Å²) >= 11 is 6.13. The first-order chi connectivity index (χ1) is 17.2. The molecule has 0 radical (unpaired) electrons. The molecule has 37 heavy (non-hydrogen) atoms. The number of benzene rings is 2. The average molecular weight is 552 g/mol. The van der Waals surface area contributed by atoms with E-state index in [-0.39, 0.29) is 37.7 Å². The highest BCUT2D eigenvalue weighted by molar-refractivity contribution is 7.92. The van der Waals surface area contributed by atoms with Gasteiger partial charge >= 0.3 is 0 Å². The summed E-state index contributed by atoms with van der Waals surface area (Å²) in [5.74, 6) is 0.126. The van der Waals surface area contributed by atoms with Crippen molar-refractivity contribution in [2.24, 2.45) is 0 Å². The minimum Gasteiger partial charge on any atom is -0.494 e. The van der Waals surface area contributed by atoms with Crippen molar-refractivity contribution in [2.45, 2.75) is 65.6 Å². The van der Waals surface area contributed by atoms with E-state index < -0.39 is 21.6 Å². The molecule has 8 nitrogen and oxygen atoms in total. The molecule has 10 heteroatoms. The molecule has 0 bridgehead atoms. The molecule has 0 fully saturated rings. The maximum Gasteiger partial charge on any atom is 0.242 e. The lowest BCUT2D eigenvalue weighted by molar-refractivity contribution is -0.141. The van der Waals surface area contributed by atoms with E-state index in [9.17, 15) is 18.0 Å². The van der Waals surface area contributed by atoms with Gasteiger partial charge in [0.15, 0.2) is 0 Å². The minimum absolute atomic E-state index is 0.0662. The van der Waals surface area contributed by atoms with Gasteiger partial charge in [-0.25, -0.2) is 8.42 Å². The number of anilines is 1. The van der Waals surface area contributed by atoms with Crippen LogP contribution in [0.3, 0.4) is 0 Å². The number of ether oxygens (including phenoxy) is 1. The third kappa shape index (κ3) is 9.89. The van der Waals surface area contributed by atoms with Gasteiger partial charge < -0.3 is 15.0 Å². The van der Waals surface area contributed by atoms with Gasteiger partial charge in [0.05, 0.1) is 18.6 Å². The molecule has 2 rings (SSSR count). The Morgan fingerprint density at radius 1 is 1.11 bits per heavy atom. The van der Waals surface area contributed by atoms with Crippen molar-refractivity contribution >= 4 is 39.1 Å². The summed E-state index contributed by atoms with van der Waals surface area (Å²) in [6.45, 7) is 10.0. The number of carbonyl (C=O) groups excluding carboxylic acids is 2. The first-order valence-electron chi connectivity index (χ1n) is 12.3. The zero-order chi connectivity index (χ0) is 27.8. The van der Waals surface area contributed by atoms with Gasteiger partial charge in [0.2, 0.25) is 21.8 Å². The predicted octanol–water partition coefficient (Wildman–Crippen LogP) is 4.62. The van der Waals surface area contributed by atoms with E-state index in [1.807, 2.05) is 33.8 Å². The number of hydrogen-bond acceptors (Lipinski definition) is 5. The Morgan fingerprint density at radius 2 is 1.76 bits per heavy atom. The molecule has 0 heterocycles. The van der Waals surface area contributed by atoms with Crippen molar-refractivity contribution in [2.75, 3.05) is 23.7 Å². The highest BCUT2D eigenvalue weighted by Crippen LogP contribution is 2.23. The van der Waals surface area contributed by atoms with Gasteiger partial charge in [-0.05, 0) is 83.0 Å². The van der Waals surface area contributed by atoms with Crippen LogP contribution < -0.4 is 14.4 Å². The van der Waals surface area contributed by atoms with Crippen LogP contribution in [-0.4, -0.2) is 56.1 Å². The zero-order valence-corrected chi connectivity index (χ0v) is 24.0. The number of carbonyl (C=O) groups is 2. The Morgan fingerprint density at radius 3 is 2.30 bits per heavy atom. The normalized spacial score (nSPS) is 12.5. The fourth-order valence-electron chi connectivity index (χ4n) is 3.77. The van der Waals surface area contributed by atoms with Crippen molar-refractivity contribution in [1.82, 2.24) is 10.2 Å². The second-order valence-corrected chi connectivity index (χ2v) is 12.3. The molecule has 1 unspecified atom stereocenters. The van der Waals surface area contributed by atoms with Crippen molar-refractivity contribution in [3.63, 3.8) is 0 Å². The Labute approximate surface area is 226 Å². The molecular weight excluding hydrogens is 514 g/mol. The molecule has 0 aromatic heterocycles.